The molecule has 1 aromatic carbocycles. The standard InChI is InChI=1S/C17H23F3N2O4/c1-5-25-14(23)21-10-13(22-15(24)26-16(2,3)4)11-7-6-8-12(9-11)17(18,19)20/h6-9,13H,5,10H2,1-4H3,(H,21,23)(H,22,24). The largest absolute Gasteiger partial charge is 0.450 e. The van der Waals surface area contributed by atoms with Crippen molar-refractivity contribution in [3.63, 3.8) is 0 Å². The summed E-state index contributed by atoms with van der Waals surface area (Å²) in [6.07, 6.45) is -6.08. The third-order valence-electron chi connectivity index (χ3n) is 3.03. The fraction of sp³-hybridized carbons (Fsp3) is 0.529. The maximum atomic E-state index is 12.9. The van der Waals surface area contributed by atoms with Crippen LogP contribution in [0.2, 0.25) is 0 Å². The monoisotopic (exact) mass is 376 g/mol. The van der Waals surface area contributed by atoms with Gasteiger partial charge in [0.05, 0.1) is 18.2 Å². The highest BCUT2D eigenvalue weighted by Crippen LogP contribution is 2.30. The summed E-state index contributed by atoms with van der Waals surface area (Å²) < 4.78 is 48.6. The third kappa shape index (κ3) is 7.62. The molecule has 1 unspecified atom stereocenters. The van der Waals surface area contributed by atoms with Crippen molar-refractivity contribution >= 4 is 12.2 Å². The molecule has 1 atom stereocenters. The van der Waals surface area contributed by atoms with Gasteiger partial charge in [-0.1, -0.05) is 12.1 Å². The second-order valence-electron chi connectivity index (χ2n) is 6.42. The summed E-state index contributed by atoms with van der Waals surface area (Å²) >= 11 is 0. The van der Waals surface area contributed by atoms with Gasteiger partial charge in [0.25, 0.3) is 0 Å². The molecule has 0 saturated carbocycles. The number of carbonyl (C=O) groups is 2. The maximum Gasteiger partial charge on any atom is 0.416 e. The van der Waals surface area contributed by atoms with Gasteiger partial charge in [0.1, 0.15) is 5.60 Å². The number of hydrogen-bond acceptors (Lipinski definition) is 4. The number of nitrogens with one attached hydrogen (secondary N) is 2. The quantitative estimate of drug-likeness (QED) is 0.814. The predicted molar refractivity (Wildman–Crippen MR) is 88.6 cm³/mol. The van der Waals surface area contributed by atoms with Gasteiger partial charge in [-0.25, -0.2) is 9.59 Å². The van der Waals surface area contributed by atoms with E-state index in [0.29, 0.717) is 0 Å². The van der Waals surface area contributed by atoms with E-state index in [-0.39, 0.29) is 18.7 Å². The Morgan fingerprint density at radius 1 is 1.15 bits per heavy atom. The lowest BCUT2D eigenvalue weighted by atomic mass is 10.0. The predicted octanol–water partition coefficient (Wildman–Crippen LogP) is 4.02. The number of hydrogen-bond donors (Lipinski definition) is 2. The molecule has 26 heavy (non-hydrogen) atoms. The van der Waals surface area contributed by atoms with Crippen LogP contribution < -0.4 is 10.6 Å². The van der Waals surface area contributed by atoms with Gasteiger partial charge in [-0.05, 0) is 45.4 Å². The number of carbonyl (C=O) groups excluding carboxylic acids is 2. The minimum atomic E-state index is -4.53. The molecule has 2 amide bonds. The molecular formula is C17H23F3N2O4. The van der Waals surface area contributed by atoms with Crippen LogP contribution in [0.1, 0.15) is 44.9 Å². The average Bonchev–Trinajstić information content (AvgIpc) is 2.49. The van der Waals surface area contributed by atoms with Crippen molar-refractivity contribution < 1.29 is 32.2 Å². The Morgan fingerprint density at radius 3 is 2.35 bits per heavy atom. The first-order valence-corrected chi connectivity index (χ1v) is 7.99. The molecule has 2 N–H and O–H groups in total. The zero-order valence-electron chi connectivity index (χ0n) is 15.1. The molecule has 0 spiro atoms. The zero-order valence-corrected chi connectivity index (χ0v) is 15.1. The van der Waals surface area contributed by atoms with Gasteiger partial charge < -0.3 is 20.1 Å². The Labute approximate surface area is 150 Å². The number of rotatable bonds is 5. The number of ether oxygens (including phenoxy) is 2. The van der Waals surface area contributed by atoms with Crippen molar-refractivity contribution in [3.8, 4) is 0 Å². The maximum absolute atomic E-state index is 12.9. The number of benzene rings is 1. The van der Waals surface area contributed by atoms with Crippen LogP contribution in [-0.4, -0.2) is 30.9 Å². The summed E-state index contributed by atoms with van der Waals surface area (Å²) in [5, 5.41) is 4.86. The number of alkyl halides is 3. The molecule has 1 aromatic rings. The molecule has 0 aliphatic carbocycles. The van der Waals surface area contributed by atoms with E-state index < -0.39 is 35.6 Å². The van der Waals surface area contributed by atoms with Crippen LogP contribution in [0, 0.1) is 0 Å². The van der Waals surface area contributed by atoms with Crippen molar-refractivity contribution in [2.45, 2.75) is 45.5 Å². The second-order valence-corrected chi connectivity index (χ2v) is 6.42. The van der Waals surface area contributed by atoms with E-state index in [1.54, 1.807) is 27.7 Å². The van der Waals surface area contributed by atoms with Gasteiger partial charge in [0, 0.05) is 6.54 Å². The van der Waals surface area contributed by atoms with Crippen LogP contribution in [-0.2, 0) is 15.7 Å². The number of halogens is 3. The Morgan fingerprint density at radius 2 is 1.81 bits per heavy atom. The normalized spacial score (nSPS) is 12.9. The summed E-state index contributed by atoms with van der Waals surface area (Å²) in [6.45, 7) is 6.55. The molecular weight excluding hydrogens is 353 g/mol. The number of alkyl carbamates (subject to hydrolysis) is 2. The Bertz CT molecular complexity index is 627. The highest BCUT2D eigenvalue weighted by molar-refractivity contribution is 5.69. The molecule has 0 aromatic heterocycles. The smallest absolute Gasteiger partial charge is 0.416 e. The summed E-state index contributed by atoms with van der Waals surface area (Å²) in [4.78, 5) is 23.5. The van der Waals surface area contributed by atoms with Crippen LogP contribution in [0.15, 0.2) is 24.3 Å². The van der Waals surface area contributed by atoms with Crippen LogP contribution in [0.25, 0.3) is 0 Å². The average molecular weight is 376 g/mol. The minimum absolute atomic E-state index is 0.138. The van der Waals surface area contributed by atoms with Crippen LogP contribution in [0.4, 0.5) is 22.8 Å². The lowest BCUT2D eigenvalue weighted by Gasteiger charge is -2.24. The minimum Gasteiger partial charge on any atom is -0.450 e. The molecule has 0 fully saturated rings. The van der Waals surface area contributed by atoms with E-state index in [2.05, 4.69) is 10.6 Å². The zero-order chi connectivity index (χ0) is 20.0. The van der Waals surface area contributed by atoms with Crippen LogP contribution in [0.5, 0.6) is 0 Å². The first kappa shape index (κ1) is 21.6. The molecule has 0 aliphatic rings. The van der Waals surface area contributed by atoms with Gasteiger partial charge in [-0.15, -0.1) is 0 Å². The number of amides is 2. The molecule has 1 rings (SSSR count). The molecule has 0 heterocycles. The van der Waals surface area contributed by atoms with Crippen molar-refractivity contribution in [2.75, 3.05) is 13.2 Å². The van der Waals surface area contributed by atoms with Crippen molar-refractivity contribution in [1.82, 2.24) is 10.6 Å². The third-order valence-corrected chi connectivity index (χ3v) is 3.03. The highest BCUT2D eigenvalue weighted by atomic mass is 19.4. The van der Waals surface area contributed by atoms with Gasteiger partial charge >= 0.3 is 18.4 Å². The topological polar surface area (TPSA) is 76.7 Å². The summed E-state index contributed by atoms with van der Waals surface area (Å²) in [5.74, 6) is 0. The van der Waals surface area contributed by atoms with Crippen molar-refractivity contribution in [1.29, 1.82) is 0 Å². The Balaban J connectivity index is 2.99. The molecule has 0 aliphatic heterocycles. The van der Waals surface area contributed by atoms with Gasteiger partial charge in [-0.2, -0.15) is 13.2 Å². The molecule has 0 bridgehead atoms. The van der Waals surface area contributed by atoms with Crippen molar-refractivity contribution in [2.24, 2.45) is 0 Å². The first-order chi connectivity index (χ1) is 11.9. The Kier molecular flexibility index (Phi) is 7.29. The lowest BCUT2D eigenvalue weighted by molar-refractivity contribution is -0.137. The van der Waals surface area contributed by atoms with E-state index in [4.69, 9.17) is 9.47 Å². The molecule has 0 radical (unpaired) electrons. The summed E-state index contributed by atoms with van der Waals surface area (Å²) in [6, 6.07) is 3.55. The summed E-state index contributed by atoms with van der Waals surface area (Å²) in [5.41, 5.74) is -1.47. The van der Waals surface area contributed by atoms with E-state index in [1.807, 2.05) is 0 Å². The van der Waals surface area contributed by atoms with E-state index in [1.165, 1.54) is 12.1 Å². The Hall–Kier alpha value is -2.45. The summed E-state index contributed by atoms with van der Waals surface area (Å²) in [7, 11) is 0. The van der Waals surface area contributed by atoms with Crippen LogP contribution >= 0.6 is 0 Å². The van der Waals surface area contributed by atoms with E-state index >= 15 is 0 Å². The lowest BCUT2D eigenvalue weighted by Crippen LogP contribution is -2.40. The fourth-order valence-electron chi connectivity index (χ4n) is 2.00. The SMILES string of the molecule is CCOC(=O)NCC(NC(=O)OC(C)(C)C)c1cccc(C(F)(F)F)c1. The second kappa shape index (κ2) is 8.77. The molecule has 9 heteroatoms. The van der Waals surface area contributed by atoms with E-state index in [9.17, 15) is 22.8 Å². The van der Waals surface area contributed by atoms with Gasteiger partial charge in [0.2, 0.25) is 0 Å². The molecule has 0 saturated heterocycles. The first-order valence-electron chi connectivity index (χ1n) is 7.99. The fourth-order valence-corrected chi connectivity index (χ4v) is 2.00. The highest BCUT2D eigenvalue weighted by Gasteiger charge is 2.31. The molecule has 6 nitrogen and oxygen atoms in total. The van der Waals surface area contributed by atoms with E-state index in [0.717, 1.165) is 12.1 Å². The molecule has 146 valence electrons. The van der Waals surface area contributed by atoms with Crippen LogP contribution in [0.3, 0.4) is 0 Å². The van der Waals surface area contributed by atoms with Gasteiger partial charge in [0.15, 0.2) is 0 Å². The van der Waals surface area contributed by atoms with Crippen molar-refractivity contribution in [3.05, 3.63) is 35.4 Å². The van der Waals surface area contributed by atoms with Gasteiger partial charge in [-0.3, -0.25) is 0 Å².